The highest BCUT2D eigenvalue weighted by Gasteiger charge is 2.19. The molecule has 0 unspecified atom stereocenters. The van der Waals surface area contributed by atoms with E-state index in [0.717, 1.165) is 48.8 Å². The number of benzene rings is 1. The molecule has 1 aromatic carbocycles. The highest BCUT2D eigenvalue weighted by atomic mass is 35.5. The summed E-state index contributed by atoms with van der Waals surface area (Å²) in [5.74, 6) is 0. The fourth-order valence-corrected chi connectivity index (χ4v) is 3.80. The third kappa shape index (κ3) is 3.19. The number of nitrogens with one attached hydrogen (secondary N) is 1. The van der Waals surface area contributed by atoms with Gasteiger partial charge >= 0.3 is 0 Å². The summed E-state index contributed by atoms with van der Waals surface area (Å²) in [5, 5.41) is 16.3. The number of aryl methyl sites for hydroxylation is 2. The van der Waals surface area contributed by atoms with Crippen LogP contribution in [0.15, 0.2) is 24.3 Å². The lowest BCUT2D eigenvalue weighted by molar-refractivity contribution is 0.193. The maximum absolute atomic E-state index is 9.78. The van der Waals surface area contributed by atoms with Crippen molar-refractivity contribution in [3.05, 3.63) is 51.9 Å². The third-order valence-corrected chi connectivity index (χ3v) is 5.28. The fourth-order valence-electron chi connectivity index (χ4n) is 3.63. The van der Waals surface area contributed by atoms with E-state index in [-0.39, 0.29) is 0 Å². The van der Waals surface area contributed by atoms with E-state index in [4.69, 9.17) is 11.6 Å². The monoisotopic (exact) mass is 358 g/mol. The molecule has 0 saturated heterocycles. The number of nitrogens with zero attached hydrogens (tertiary/aromatic N) is 3. The van der Waals surface area contributed by atoms with E-state index < -0.39 is 6.10 Å². The number of aliphatic hydroxyl groups is 1. The van der Waals surface area contributed by atoms with Gasteiger partial charge in [0.15, 0.2) is 0 Å². The van der Waals surface area contributed by atoms with Crippen molar-refractivity contribution < 1.29 is 5.11 Å². The van der Waals surface area contributed by atoms with Crippen molar-refractivity contribution in [2.75, 3.05) is 6.54 Å². The molecule has 1 aliphatic heterocycles. The van der Waals surface area contributed by atoms with Crippen molar-refractivity contribution in [1.29, 1.82) is 0 Å². The molecule has 6 heteroatoms. The maximum Gasteiger partial charge on any atom is 0.0950 e. The summed E-state index contributed by atoms with van der Waals surface area (Å²) < 4.78 is 2.04. The number of fused-ring (bicyclic) bond motifs is 2. The van der Waals surface area contributed by atoms with Crippen LogP contribution in [-0.2, 0) is 19.6 Å². The summed E-state index contributed by atoms with van der Waals surface area (Å²) in [5.41, 5.74) is 5.56. The van der Waals surface area contributed by atoms with Gasteiger partial charge in [0, 0.05) is 47.8 Å². The molecule has 4 rings (SSSR count). The summed E-state index contributed by atoms with van der Waals surface area (Å²) in [6.45, 7) is 7.56. The molecule has 2 aromatic heterocycles. The Morgan fingerprint density at radius 2 is 2.16 bits per heavy atom. The predicted molar refractivity (Wildman–Crippen MR) is 99.6 cm³/mol. The first-order valence-corrected chi connectivity index (χ1v) is 9.13. The molecular weight excluding hydrogens is 336 g/mol. The Labute approximate surface area is 152 Å². The van der Waals surface area contributed by atoms with Gasteiger partial charge in [0.25, 0.3) is 0 Å². The summed E-state index contributed by atoms with van der Waals surface area (Å²) in [6, 6.07) is 8.02. The molecule has 0 saturated carbocycles. The van der Waals surface area contributed by atoms with E-state index in [1.54, 1.807) is 6.92 Å². The average molecular weight is 359 g/mol. The van der Waals surface area contributed by atoms with Crippen LogP contribution >= 0.6 is 11.6 Å². The molecule has 5 nitrogen and oxygen atoms in total. The molecule has 0 radical (unpaired) electrons. The van der Waals surface area contributed by atoms with Gasteiger partial charge in [0.05, 0.1) is 17.5 Å². The van der Waals surface area contributed by atoms with Crippen LogP contribution in [0.3, 0.4) is 0 Å². The summed E-state index contributed by atoms with van der Waals surface area (Å²) in [7, 11) is 0. The van der Waals surface area contributed by atoms with Crippen LogP contribution in [0, 0.1) is 6.92 Å². The van der Waals surface area contributed by atoms with E-state index in [2.05, 4.69) is 21.9 Å². The molecule has 3 aromatic rings. The smallest absolute Gasteiger partial charge is 0.0950 e. The lowest BCUT2D eigenvalue weighted by Crippen LogP contribution is -2.23. The van der Waals surface area contributed by atoms with E-state index in [1.807, 2.05) is 28.9 Å². The van der Waals surface area contributed by atoms with E-state index >= 15 is 0 Å². The third-order valence-electron chi connectivity index (χ3n) is 5.05. The van der Waals surface area contributed by atoms with Crippen LogP contribution in [0.1, 0.15) is 42.1 Å². The molecule has 0 amide bonds. The van der Waals surface area contributed by atoms with Crippen LogP contribution in [-0.4, -0.2) is 31.3 Å². The second kappa shape index (κ2) is 6.48. The molecule has 0 bridgehead atoms. The highest BCUT2D eigenvalue weighted by Crippen LogP contribution is 2.27. The van der Waals surface area contributed by atoms with Crippen LogP contribution in [0.25, 0.3) is 10.9 Å². The first-order chi connectivity index (χ1) is 12.0. The average Bonchev–Trinajstić information content (AvgIpc) is 3.04. The molecule has 0 aliphatic carbocycles. The van der Waals surface area contributed by atoms with E-state index in [1.165, 1.54) is 22.3 Å². The summed E-state index contributed by atoms with van der Waals surface area (Å²) >= 11 is 6.14. The van der Waals surface area contributed by atoms with Crippen molar-refractivity contribution in [2.45, 2.75) is 46.0 Å². The number of hydrogen-bond donors (Lipinski definition) is 2. The molecule has 0 fully saturated rings. The zero-order chi connectivity index (χ0) is 17.6. The number of H-pyrrole nitrogens is 1. The largest absolute Gasteiger partial charge is 0.387 e. The first-order valence-electron chi connectivity index (χ1n) is 8.75. The van der Waals surface area contributed by atoms with Crippen molar-refractivity contribution in [2.24, 2.45) is 0 Å². The van der Waals surface area contributed by atoms with Crippen molar-refractivity contribution in [1.82, 2.24) is 19.7 Å². The molecule has 3 heterocycles. The Hall–Kier alpha value is -1.82. The van der Waals surface area contributed by atoms with Gasteiger partial charge in [0.1, 0.15) is 0 Å². The van der Waals surface area contributed by atoms with Gasteiger partial charge in [-0.25, -0.2) is 0 Å². The number of aromatic amines is 1. The molecule has 2 N–H and O–H groups in total. The van der Waals surface area contributed by atoms with Gasteiger partial charge in [-0.3, -0.25) is 9.58 Å². The lowest BCUT2D eigenvalue weighted by atomic mass is 10.1. The SMILES string of the molecule is Cc1c(CN2CCCn3nc([C@@H](C)O)cc3C2)[nH]c2ccc(Cl)cc12. The fraction of sp³-hybridized carbons (Fsp3) is 0.421. The zero-order valence-electron chi connectivity index (χ0n) is 14.6. The second-order valence-electron chi connectivity index (χ2n) is 6.94. The van der Waals surface area contributed by atoms with E-state index in [9.17, 15) is 5.11 Å². The van der Waals surface area contributed by atoms with Gasteiger partial charge in [-0.2, -0.15) is 5.10 Å². The topological polar surface area (TPSA) is 57.1 Å². The van der Waals surface area contributed by atoms with Gasteiger partial charge in [0.2, 0.25) is 0 Å². The second-order valence-corrected chi connectivity index (χ2v) is 7.38. The van der Waals surface area contributed by atoms with Crippen LogP contribution < -0.4 is 0 Å². The minimum Gasteiger partial charge on any atom is -0.387 e. The molecule has 132 valence electrons. The maximum atomic E-state index is 9.78. The Balaban J connectivity index is 1.59. The van der Waals surface area contributed by atoms with Gasteiger partial charge in [-0.1, -0.05) is 11.6 Å². The minimum absolute atomic E-state index is 0.520. The van der Waals surface area contributed by atoms with Crippen molar-refractivity contribution in [3.8, 4) is 0 Å². The van der Waals surface area contributed by atoms with Crippen molar-refractivity contribution >= 4 is 22.5 Å². The van der Waals surface area contributed by atoms with Crippen LogP contribution in [0.2, 0.25) is 5.02 Å². The Kier molecular flexibility index (Phi) is 4.31. The normalized spacial score (nSPS) is 16.8. The number of aliphatic hydroxyl groups excluding tert-OH is 1. The number of rotatable bonds is 3. The van der Waals surface area contributed by atoms with Crippen LogP contribution in [0.4, 0.5) is 0 Å². The molecule has 1 atom stereocenters. The van der Waals surface area contributed by atoms with Gasteiger partial charge in [-0.05, 0) is 50.1 Å². The molecular formula is C19H23ClN4O. The molecule has 0 spiro atoms. The Bertz CT molecular complexity index is 912. The molecule has 1 aliphatic rings. The Morgan fingerprint density at radius 1 is 1.32 bits per heavy atom. The van der Waals surface area contributed by atoms with Gasteiger partial charge < -0.3 is 10.1 Å². The lowest BCUT2D eigenvalue weighted by Gasteiger charge is -2.19. The summed E-state index contributed by atoms with van der Waals surface area (Å²) in [6.07, 6.45) is 0.535. The Morgan fingerprint density at radius 3 is 2.96 bits per heavy atom. The zero-order valence-corrected chi connectivity index (χ0v) is 15.3. The highest BCUT2D eigenvalue weighted by molar-refractivity contribution is 6.31. The molecule has 25 heavy (non-hydrogen) atoms. The summed E-state index contributed by atoms with van der Waals surface area (Å²) in [4.78, 5) is 5.98. The predicted octanol–water partition coefficient (Wildman–Crippen LogP) is 3.79. The number of aromatic nitrogens is 3. The first kappa shape index (κ1) is 16.6. The number of hydrogen-bond acceptors (Lipinski definition) is 3. The van der Waals surface area contributed by atoms with E-state index in [0.29, 0.717) is 0 Å². The van der Waals surface area contributed by atoms with Crippen molar-refractivity contribution in [3.63, 3.8) is 0 Å². The quantitative estimate of drug-likeness (QED) is 0.749. The standard InChI is InChI=1S/C19H23ClN4O/c1-12-16-8-14(20)4-5-17(16)21-19(12)11-23-6-3-7-24-15(10-23)9-18(22-24)13(2)25/h4-5,8-9,13,21,25H,3,6-7,10-11H2,1-2H3/t13-/m1/s1. The minimum atomic E-state index is -0.520. The van der Waals surface area contributed by atoms with Crippen LogP contribution in [0.5, 0.6) is 0 Å². The number of halogens is 1. The van der Waals surface area contributed by atoms with Gasteiger partial charge in [-0.15, -0.1) is 0 Å².